The molecule has 9 heteroatoms. The van der Waals surface area contributed by atoms with Crippen LogP contribution in [0.2, 0.25) is 0 Å². The molecular formula is C24H28N8O. The number of nitrogen functional groups attached to an aromatic ring is 2. The Kier molecular flexibility index (Phi) is 5.80. The molecule has 33 heavy (non-hydrogen) atoms. The molecule has 0 amide bonds. The van der Waals surface area contributed by atoms with Gasteiger partial charge in [-0.05, 0) is 24.6 Å². The number of nitrogens with one attached hydrogen (secondary N) is 2. The SMILES string of the molecule is C[C@@H]1CO[C@H](CNCc2ccccc2)CN1c1cc(-c2ccc3c(N)n[nH]c3c2)nc(N)n1. The van der Waals surface area contributed by atoms with E-state index in [4.69, 9.17) is 16.2 Å². The van der Waals surface area contributed by atoms with Gasteiger partial charge in [-0.1, -0.05) is 36.4 Å². The molecule has 6 N–H and O–H groups in total. The molecule has 1 saturated heterocycles. The van der Waals surface area contributed by atoms with Crippen LogP contribution < -0.4 is 21.7 Å². The minimum absolute atomic E-state index is 0.0499. The second kappa shape index (κ2) is 9.05. The topological polar surface area (TPSA) is 131 Å². The van der Waals surface area contributed by atoms with Gasteiger partial charge in [-0.2, -0.15) is 10.1 Å². The second-order valence-corrected chi connectivity index (χ2v) is 8.41. The Hall–Kier alpha value is -3.69. The molecule has 0 bridgehead atoms. The number of benzene rings is 2. The maximum Gasteiger partial charge on any atom is 0.222 e. The molecule has 2 atom stereocenters. The highest BCUT2D eigenvalue weighted by molar-refractivity contribution is 5.91. The van der Waals surface area contributed by atoms with Gasteiger partial charge < -0.3 is 26.4 Å². The molecule has 0 saturated carbocycles. The number of nitrogens with zero attached hydrogens (tertiary/aromatic N) is 4. The van der Waals surface area contributed by atoms with E-state index >= 15 is 0 Å². The molecule has 2 aromatic carbocycles. The van der Waals surface area contributed by atoms with Crippen LogP contribution in [0, 0.1) is 0 Å². The maximum atomic E-state index is 6.11. The standard InChI is InChI=1S/C24H28N8O/c1-15-14-33-18(12-27-11-16-5-3-2-4-6-16)13-32(15)22-10-20(28-24(26)29-22)17-7-8-19-21(9-17)30-31-23(19)25/h2-10,15,18,27H,11-14H2,1H3,(H3,25,30,31)(H2,26,28,29)/t15-,18-/m1/s1. The van der Waals surface area contributed by atoms with E-state index in [9.17, 15) is 0 Å². The molecule has 1 fully saturated rings. The number of nitrogens with two attached hydrogens (primary N) is 2. The largest absolute Gasteiger partial charge is 0.382 e. The van der Waals surface area contributed by atoms with Crippen molar-refractivity contribution in [2.24, 2.45) is 0 Å². The number of aromatic amines is 1. The fourth-order valence-electron chi connectivity index (χ4n) is 4.18. The molecule has 4 aromatic rings. The number of hydrogen-bond acceptors (Lipinski definition) is 8. The van der Waals surface area contributed by atoms with Crippen molar-refractivity contribution < 1.29 is 4.74 Å². The predicted molar refractivity (Wildman–Crippen MR) is 131 cm³/mol. The summed E-state index contributed by atoms with van der Waals surface area (Å²) in [6, 6.07) is 18.4. The van der Waals surface area contributed by atoms with E-state index in [1.807, 2.05) is 42.5 Å². The first-order valence-corrected chi connectivity index (χ1v) is 11.1. The third kappa shape index (κ3) is 4.59. The van der Waals surface area contributed by atoms with E-state index in [0.717, 1.165) is 47.6 Å². The van der Waals surface area contributed by atoms with Gasteiger partial charge in [0.1, 0.15) is 5.82 Å². The Labute approximate surface area is 192 Å². The second-order valence-electron chi connectivity index (χ2n) is 8.41. The van der Waals surface area contributed by atoms with Crippen LogP contribution in [0.3, 0.4) is 0 Å². The molecule has 5 rings (SSSR count). The van der Waals surface area contributed by atoms with Crippen LogP contribution >= 0.6 is 0 Å². The van der Waals surface area contributed by atoms with Crippen LogP contribution in [0.4, 0.5) is 17.6 Å². The highest BCUT2D eigenvalue weighted by Crippen LogP contribution is 2.29. The summed E-state index contributed by atoms with van der Waals surface area (Å²) in [5, 5.41) is 11.4. The number of fused-ring (bicyclic) bond motifs is 1. The summed E-state index contributed by atoms with van der Waals surface area (Å²) >= 11 is 0. The van der Waals surface area contributed by atoms with Crippen molar-refractivity contribution >= 4 is 28.5 Å². The minimum Gasteiger partial charge on any atom is -0.382 e. The van der Waals surface area contributed by atoms with Crippen LogP contribution in [0.1, 0.15) is 12.5 Å². The number of aromatic nitrogens is 4. The average Bonchev–Trinajstić information content (AvgIpc) is 3.20. The molecule has 3 heterocycles. The van der Waals surface area contributed by atoms with Gasteiger partial charge >= 0.3 is 0 Å². The van der Waals surface area contributed by atoms with E-state index in [1.54, 1.807) is 0 Å². The Balaban J connectivity index is 1.33. The fraction of sp³-hybridized carbons (Fsp3) is 0.292. The van der Waals surface area contributed by atoms with Crippen LogP contribution in [0.5, 0.6) is 0 Å². The van der Waals surface area contributed by atoms with Crippen molar-refractivity contribution in [3.63, 3.8) is 0 Å². The molecule has 0 aliphatic carbocycles. The summed E-state index contributed by atoms with van der Waals surface area (Å²) in [4.78, 5) is 11.3. The van der Waals surface area contributed by atoms with E-state index in [-0.39, 0.29) is 18.1 Å². The van der Waals surface area contributed by atoms with Gasteiger partial charge in [-0.25, -0.2) is 4.98 Å². The first-order chi connectivity index (χ1) is 16.1. The molecule has 170 valence electrons. The van der Waals surface area contributed by atoms with E-state index in [2.05, 4.69) is 49.4 Å². The number of anilines is 3. The van der Waals surface area contributed by atoms with Crippen LogP contribution in [-0.4, -0.2) is 52.0 Å². The van der Waals surface area contributed by atoms with Gasteiger partial charge in [0.15, 0.2) is 5.82 Å². The van der Waals surface area contributed by atoms with Crippen molar-refractivity contribution in [3.05, 3.63) is 60.2 Å². The number of ether oxygens (including phenoxy) is 1. The Morgan fingerprint density at radius 2 is 1.97 bits per heavy atom. The summed E-state index contributed by atoms with van der Waals surface area (Å²) in [6.45, 7) is 5.03. The third-order valence-electron chi connectivity index (χ3n) is 5.96. The lowest BCUT2D eigenvalue weighted by molar-refractivity contribution is 0.0228. The lowest BCUT2D eigenvalue weighted by Gasteiger charge is -2.39. The minimum atomic E-state index is 0.0499. The zero-order valence-electron chi connectivity index (χ0n) is 18.5. The number of hydrogen-bond donors (Lipinski definition) is 4. The molecule has 2 aromatic heterocycles. The van der Waals surface area contributed by atoms with E-state index in [0.29, 0.717) is 12.4 Å². The Morgan fingerprint density at radius 1 is 1.12 bits per heavy atom. The first kappa shape index (κ1) is 21.2. The van der Waals surface area contributed by atoms with E-state index < -0.39 is 0 Å². The normalized spacial score (nSPS) is 18.6. The highest BCUT2D eigenvalue weighted by atomic mass is 16.5. The van der Waals surface area contributed by atoms with Gasteiger partial charge in [-0.3, -0.25) is 5.10 Å². The molecule has 1 aliphatic rings. The van der Waals surface area contributed by atoms with Gasteiger partial charge in [0, 0.05) is 36.7 Å². The number of rotatable bonds is 6. The van der Waals surface area contributed by atoms with Gasteiger partial charge in [0.25, 0.3) is 0 Å². The van der Waals surface area contributed by atoms with Gasteiger partial charge in [0.05, 0.1) is 30.0 Å². The van der Waals surface area contributed by atoms with Crippen molar-refractivity contribution in [1.82, 2.24) is 25.5 Å². The molecule has 0 spiro atoms. The average molecular weight is 445 g/mol. The molecular weight excluding hydrogens is 416 g/mol. The number of H-pyrrole nitrogens is 1. The first-order valence-electron chi connectivity index (χ1n) is 11.1. The Bertz CT molecular complexity index is 1240. The number of morpholine rings is 1. The lowest BCUT2D eigenvalue weighted by Crippen LogP contribution is -2.51. The predicted octanol–water partition coefficient (Wildman–Crippen LogP) is 2.57. The summed E-state index contributed by atoms with van der Waals surface area (Å²) in [6.07, 6.45) is 0.0499. The van der Waals surface area contributed by atoms with Crippen molar-refractivity contribution in [3.8, 4) is 11.3 Å². The lowest BCUT2D eigenvalue weighted by atomic mass is 10.1. The fourth-order valence-corrected chi connectivity index (χ4v) is 4.18. The summed E-state index contributed by atoms with van der Waals surface area (Å²) in [5.41, 5.74) is 15.8. The van der Waals surface area contributed by atoms with Crippen molar-refractivity contribution in [2.45, 2.75) is 25.6 Å². The van der Waals surface area contributed by atoms with Crippen LogP contribution in [0.25, 0.3) is 22.2 Å². The van der Waals surface area contributed by atoms with Gasteiger partial charge in [0.2, 0.25) is 5.95 Å². The summed E-state index contributed by atoms with van der Waals surface area (Å²) in [7, 11) is 0. The Morgan fingerprint density at radius 3 is 2.82 bits per heavy atom. The summed E-state index contributed by atoms with van der Waals surface area (Å²) < 4.78 is 6.07. The highest BCUT2D eigenvalue weighted by Gasteiger charge is 2.27. The quantitative estimate of drug-likeness (QED) is 0.357. The zero-order valence-corrected chi connectivity index (χ0v) is 18.5. The van der Waals surface area contributed by atoms with Crippen LogP contribution in [-0.2, 0) is 11.3 Å². The maximum absolute atomic E-state index is 6.11. The summed E-state index contributed by atoms with van der Waals surface area (Å²) in [5.74, 6) is 1.52. The van der Waals surface area contributed by atoms with Crippen LogP contribution in [0.15, 0.2) is 54.6 Å². The molecule has 0 radical (unpaired) electrons. The zero-order chi connectivity index (χ0) is 22.8. The van der Waals surface area contributed by atoms with E-state index in [1.165, 1.54) is 5.56 Å². The van der Waals surface area contributed by atoms with Crippen molar-refractivity contribution in [1.29, 1.82) is 0 Å². The van der Waals surface area contributed by atoms with Crippen molar-refractivity contribution in [2.75, 3.05) is 36.1 Å². The third-order valence-corrected chi connectivity index (χ3v) is 5.96. The molecule has 0 unspecified atom stereocenters. The smallest absolute Gasteiger partial charge is 0.222 e. The molecule has 9 nitrogen and oxygen atoms in total. The van der Waals surface area contributed by atoms with Gasteiger partial charge in [-0.15, -0.1) is 0 Å². The molecule has 1 aliphatic heterocycles. The monoisotopic (exact) mass is 444 g/mol.